The van der Waals surface area contributed by atoms with E-state index in [9.17, 15) is 14.4 Å². The van der Waals surface area contributed by atoms with E-state index in [2.05, 4.69) is 13.8 Å². The number of carbonyl (C=O) groups is 3. The number of fused-ring (bicyclic) bond motifs is 2. The molecule has 2 saturated carbocycles. The van der Waals surface area contributed by atoms with Crippen LogP contribution in [-0.2, 0) is 18.7 Å². The molecule has 1 aliphatic heterocycles. The molecule has 28 heavy (non-hydrogen) atoms. The molecule has 6 heteroatoms. The second-order valence-corrected chi connectivity index (χ2v) is 12.3. The van der Waals surface area contributed by atoms with Crippen molar-refractivity contribution < 1.29 is 18.7 Å². The minimum Gasteiger partial charge on any atom is -0.299 e. The number of Topliss-reactive ketones (excluding diaryl/α,β-unsaturated/α-hetero) is 1. The summed E-state index contributed by atoms with van der Waals surface area (Å²) in [6, 6.07) is 0. The zero-order valence-corrected chi connectivity index (χ0v) is 19.4. The number of hydroxylamine groups is 2. The average Bonchev–Trinajstić information content (AvgIpc) is 3.00. The van der Waals surface area contributed by atoms with Crippen LogP contribution in [0.5, 0.6) is 0 Å². The maximum Gasteiger partial charge on any atom is 0.258 e. The minimum atomic E-state index is -0.417. The van der Waals surface area contributed by atoms with Gasteiger partial charge in [0.05, 0.1) is 11.8 Å². The van der Waals surface area contributed by atoms with Gasteiger partial charge in [-0.3, -0.25) is 14.4 Å². The van der Waals surface area contributed by atoms with Gasteiger partial charge in [0.1, 0.15) is 5.78 Å². The Hall–Kier alpha value is -0.880. The van der Waals surface area contributed by atoms with Gasteiger partial charge in [0.15, 0.2) is 0 Å². The maximum absolute atomic E-state index is 13.1. The van der Waals surface area contributed by atoms with Gasteiger partial charge >= 0.3 is 0 Å². The standard InChI is InChI=1S/C22H35NO4S/c1-19(2,3)15-16(20(4,5)6)18(26)23(17(15)25)27-28-12-22-10-9-13(11-14(22)24)21(22,7)8/h13,15-16H,9-12H2,1-8H3. The highest BCUT2D eigenvalue weighted by molar-refractivity contribution is 7.94. The topological polar surface area (TPSA) is 63.7 Å². The van der Waals surface area contributed by atoms with E-state index in [0.29, 0.717) is 23.9 Å². The van der Waals surface area contributed by atoms with E-state index in [-0.39, 0.29) is 28.1 Å². The molecule has 1 heterocycles. The van der Waals surface area contributed by atoms with Gasteiger partial charge in [-0.25, -0.2) is 0 Å². The van der Waals surface area contributed by atoms with E-state index in [4.69, 9.17) is 4.28 Å². The van der Waals surface area contributed by atoms with Crippen molar-refractivity contribution in [1.29, 1.82) is 0 Å². The van der Waals surface area contributed by atoms with Crippen molar-refractivity contribution in [3.8, 4) is 0 Å². The first-order valence-corrected chi connectivity index (χ1v) is 11.3. The molecular formula is C22H35NO4S. The summed E-state index contributed by atoms with van der Waals surface area (Å²) in [4.78, 5) is 38.9. The van der Waals surface area contributed by atoms with Crippen LogP contribution in [0.3, 0.4) is 0 Å². The van der Waals surface area contributed by atoms with Gasteiger partial charge < -0.3 is 0 Å². The monoisotopic (exact) mass is 409 g/mol. The van der Waals surface area contributed by atoms with Gasteiger partial charge in [-0.1, -0.05) is 55.4 Å². The predicted octanol–water partition coefficient (Wildman–Crippen LogP) is 4.66. The van der Waals surface area contributed by atoms with E-state index in [1.165, 1.54) is 0 Å². The highest BCUT2D eigenvalue weighted by atomic mass is 32.2. The molecule has 3 aliphatic rings. The van der Waals surface area contributed by atoms with Gasteiger partial charge in [0, 0.05) is 29.6 Å². The summed E-state index contributed by atoms with van der Waals surface area (Å²) in [5.41, 5.74) is -1.13. The van der Waals surface area contributed by atoms with E-state index >= 15 is 0 Å². The number of imide groups is 1. The van der Waals surface area contributed by atoms with Crippen LogP contribution in [0.4, 0.5) is 0 Å². The van der Waals surface area contributed by atoms with Crippen LogP contribution in [0.2, 0.25) is 0 Å². The Morgan fingerprint density at radius 3 is 1.86 bits per heavy atom. The number of hydrogen-bond donors (Lipinski definition) is 0. The van der Waals surface area contributed by atoms with Gasteiger partial charge in [0.2, 0.25) is 0 Å². The Labute approximate surface area is 173 Å². The van der Waals surface area contributed by atoms with Crippen LogP contribution in [0, 0.1) is 39.4 Å². The van der Waals surface area contributed by atoms with Crippen molar-refractivity contribution in [2.24, 2.45) is 39.4 Å². The molecule has 4 unspecified atom stereocenters. The average molecular weight is 410 g/mol. The molecule has 0 aromatic rings. The second-order valence-electron chi connectivity index (χ2n) is 11.7. The molecule has 1 saturated heterocycles. The van der Waals surface area contributed by atoms with Crippen LogP contribution in [0.15, 0.2) is 0 Å². The molecule has 0 radical (unpaired) electrons. The molecule has 4 atom stereocenters. The minimum absolute atomic E-state index is 0.0542. The summed E-state index contributed by atoms with van der Waals surface area (Å²) >= 11 is 1.10. The van der Waals surface area contributed by atoms with Crippen molar-refractivity contribution in [2.45, 2.75) is 74.7 Å². The van der Waals surface area contributed by atoms with Crippen LogP contribution in [0.1, 0.15) is 74.7 Å². The first-order valence-electron chi connectivity index (χ1n) is 10.4. The number of rotatable bonds is 4. The number of amides is 2. The number of hydrogen-bond acceptors (Lipinski definition) is 5. The Morgan fingerprint density at radius 1 is 1.00 bits per heavy atom. The Bertz CT molecular complexity index is 670. The molecule has 0 spiro atoms. The lowest BCUT2D eigenvalue weighted by molar-refractivity contribution is -0.164. The van der Waals surface area contributed by atoms with E-state index < -0.39 is 17.3 Å². The molecule has 158 valence electrons. The zero-order chi connectivity index (χ0) is 21.3. The van der Waals surface area contributed by atoms with Gasteiger partial charge in [0.25, 0.3) is 11.8 Å². The van der Waals surface area contributed by atoms with Crippen molar-refractivity contribution >= 4 is 29.6 Å². The molecule has 0 N–H and O–H groups in total. The summed E-state index contributed by atoms with van der Waals surface area (Å²) in [5, 5.41) is 0.978. The van der Waals surface area contributed by atoms with Crippen LogP contribution >= 0.6 is 12.0 Å². The van der Waals surface area contributed by atoms with Gasteiger partial charge in [-0.15, -0.1) is 5.06 Å². The molecule has 3 fully saturated rings. The Morgan fingerprint density at radius 2 is 1.50 bits per heavy atom. The summed E-state index contributed by atoms with van der Waals surface area (Å²) in [5.74, 6) is -0.117. The largest absolute Gasteiger partial charge is 0.299 e. The molecule has 5 nitrogen and oxygen atoms in total. The second kappa shape index (κ2) is 6.56. The molecule has 2 bridgehead atoms. The first kappa shape index (κ1) is 21.8. The molecule has 3 rings (SSSR count). The normalized spacial score (nSPS) is 35.4. The molecule has 2 amide bonds. The zero-order valence-electron chi connectivity index (χ0n) is 18.5. The first-order chi connectivity index (χ1) is 12.6. The van der Waals surface area contributed by atoms with E-state index in [0.717, 1.165) is 29.9 Å². The van der Waals surface area contributed by atoms with Crippen molar-refractivity contribution in [1.82, 2.24) is 5.06 Å². The van der Waals surface area contributed by atoms with Crippen LogP contribution < -0.4 is 0 Å². The predicted molar refractivity (Wildman–Crippen MR) is 110 cm³/mol. The fraction of sp³-hybridized carbons (Fsp3) is 0.864. The Balaban J connectivity index is 1.75. The molecular weight excluding hydrogens is 374 g/mol. The lowest BCUT2D eigenvalue weighted by Crippen LogP contribution is -2.39. The quantitative estimate of drug-likeness (QED) is 0.499. The molecule has 2 aliphatic carbocycles. The third-order valence-corrected chi connectivity index (χ3v) is 8.57. The fourth-order valence-corrected chi connectivity index (χ4v) is 6.93. The van der Waals surface area contributed by atoms with Crippen molar-refractivity contribution in [3.05, 3.63) is 0 Å². The molecule has 0 aromatic carbocycles. The Kier molecular flexibility index (Phi) is 5.11. The summed E-state index contributed by atoms with van der Waals surface area (Å²) in [7, 11) is 0. The number of ketones is 1. The maximum atomic E-state index is 13.1. The molecule has 0 aromatic heterocycles. The van der Waals surface area contributed by atoms with Crippen molar-refractivity contribution in [3.63, 3.8) is 0 Å². The summed E-state index contributed by atoms with van der Waals surface area (Å²) < 4.78 is 5.73. The third-order valence-electron chi connectivity index (χ3n) is 7.70. The lowest BCUT2D eigenvalue weighted by Gasteiger charge is -2.36. The van der Waals surface area contributed by atoms with Crippen LogP contribution in [-0.4, -0.2) is 28.4 Å². The lowest BCUT2D eigenvalue weighted by atomic mass is 9.65. The highest BCUT2D eigenvalue weighted by Crippen LogP contribution is 2.64. The van der Waals surface area contributed by atoms with E-state index in [1.807, 2.05) is 41.5 Å². The summed E-state index contributed by atoms with van der Waals surface area (Å²) in [6.07, 6.45) is 2.59. The van der Waals surface area contributed by atoms with Gasteiger partial charge in [-0.05, 0) is 35.0 Å². The third kappa shape index (κ3) is 3.06. The van der Waals surface area contributed by atoms with Gasteiger partial charge in [-0.2, -0.15) is 4.28 Å². The highest BCUT2D eigenvalue weighted by Gasteiger charge is 2.64. The van der Waals surface area contributed by atoms with Crippen molar-refractivity contribution in [2.75, 3.05) is 5.75 Å². The number of nitrogens with zero attached hydrogens (tertiary/aromatic N) is 1. The fourth-order valence-electron chi connectivity index (χ4n) is 5.75. The number of carbonyl (C=O) groups excluding carboxylic acids is 3. The summed E-state index contributed by atoms with van der Waals surface area (Å²) in [6.45, 7) is 16.3. The van der Waals surface area contributed by atoms with E-state index in [1.54, 1.807) is 0 Å². The SMILES string of the molecule is CC(C)(C)C1C(=O)N(OSCC23CCC(CC2=O)C3(C)C)C(=O)C1C(C)(C)C. The smallest absolute Gasteiger partial charge is 0.258 e. The van der Waals surface area contributed by atoms with Crippen LogP contribution in [0.25, 0.3) is 0 Å².